The minimum absolute atomic E-state index is 0.168. The quantitative estimate of drug-likeness (QED) is 0.164. The van der Waals surface area contributed by atoms with Crippen LogP contribution in [0, 0.1) is 22.9 Å². The van der Waals surface area contributed by atoms with Crippen LogP contribution in [0.25, 0.3) is 6.08 Å². The molecule has 0 unspecified atom stereocenters. The third-order valence-electron chi connectivity index (χ3n) is 7.14. The molecule has 0 heterocycles. The molecule has 0 fully saturated rings. The van der Waals surface area contributed by atoms with Crippen molar-refractivity contribution in [3.8, 4) is 22.9 Å². The van der Waals surface area contributed by atoms with E-state index >= 15 is 0 Å². The summed E-state index contributed by atoms with van der Waals surface area (Å²) in [7, 11) is -2.91. The molecular formula is C38H39GaSi. The van der Waals surface area contributed by atoms with Gasteiger partial charge in [-0.1, -0.05) is 0 Å². The molecule has 4 rings (SSSR count). The van der Waals surface area contributed by atoms with Crippen LogP contribution in [0.15, 0.2) is 125 Å². The summed E-state index contributed by atoms with van der Waals surface area (Å²) >= 11 is -2.40. The number of rotatable bonds is 4. The fraction of sp³-hybridized carbons (Fsp3) is 0.211. The van der Waals surface area contributed by atoms with Gasteiger partial charge in [0, 0.05) is 0 Å². The van der Waals surface area contributed by atoms with Gasteiger partial charge in [0.1, 0.15) is 0 Å². The molecule has 0 spiro atoms. The van der Waals surface area contributed by atoms with Gasteiger partial charge in [-0.15, -0.1) is 0 Å². The first kappa shape index (κ1) is 29.6. The third-order valence-corrected chi connectivity index (χ3v) is 23.5. The summed E-state index contributed by atoms with van der Waals surface area (Å²) in [5, 5.41) is 1.27. The molecule has 0 aromatic heterocycles. The van der Waals surface area contributed by atoms with Crippen LogP contribution in [0.2, 0.25) is 7.94 Å². The molecule has 40 heavy (non-hydrogen) atoms. The van der Waals surface area contributed by atoms with E-state index in [9.17, 15) is 0 Å². The van der Waals surface area contributed by atoms with E-state index < -0.39 is 24.3 Å². The van der Waals surface area contributed by atoms with Gasteiger partial charge in [-0.3, -0.25) is 0 Å². The minimum atomic E-state index is -2.91. The Hall–Kier alpha value is -3.41. The molecule has 0 nitrogen and oxygen atoms in total. The second kappa shape index (κ2) is 12.8. The summed E-state index contributed by atoms with van der Waals surface area (Å²) in [6.45, 7) is 14.7. The van der Waals surface area contributed by atoms with E-state index in [4.69, 9.17) is 0 Å². The zero-order chi connectivity index (χ0) is 28.6. The Morgan fingerprint density at radius 1 is 0.550 bits per heavy atom. The van der Waals surface area contributed by atoms with Crippen LogP contribution in [0.1, 0.15) is 58.2 Å². The standard InChI is InChI=1S/C30H21Si.2C4H9.Ga/c1-5-13-27(14-6-1)21-24-31(30-19-11-4-12-20-30,25-22-28-15-7-2-8-16-28)26-23-29-17-9-3-10-18-29;2*1-4(2)3;/h1-21H;2*1-3H3;. The summed E-state index contributed by atoms with van der Waals surface area (Å²) < 4.78 is 1.88. The summed E-state index contributed by atoms with van der Waals surface area (Å²) in [4.78, 5) is 0. The van der Waals surface area contributed by atoms with Crippen molar-refractivity contribution in [1.82, 2.24) is 0 Å². The zero-order valence-electron chi connectivity index (χ0n) is 24.7. The van der Waals surface area contributed by atoms with Crippen LogP contribution >= 0.6 is 0 Å². The maximum atomic E-state index is 3.97. The van der Waals surface area contributed by atoms with Gasteiger partial charge in [-0.05, 0) is 0 Å². The zero-order valence-corrected chi connectivity index (χ0v) is 28.1. The van der Waals surface area contributed by atoms with Gasteiger partial charge >= 0.3 is 250 Å². The Morgan fingerprint density at radius 2 is 0.925 bits per heavy atom. The van der Waals surface area contributed by atoms with Gasteiger partial charge in [0.2, 0.25) is 0 Å². The van der Waals surface area contributed by atoms with E-state index in [1.54, 1.807) is 3.75 Å². The Labute approximate surface area is 248 Å². The maximum absolute atomic E-state index is 3.97. The van der Waals surface area contributed by atoms with E-state index in [2.05, 4.69) is 180 Å². The molecule has 0 aliphatic rings. The molecule has 0 N–H and O–H groups in total. The molecular weight excluding hydrogens is 554 g/mol. The summed E-state index contributed by atoms with van der Waals surface area (Å²) in [6, 6.07) is 42.6. The van der Waals surface area contributed by atoms with Gasteiger partial charge in [0.05, 0.1) is 0 Å². The van der Waals surface area contributed by atoms with E-state index in [0.717, 1.165) is 11.1 Å². The Balaban J connectivity index is 2.17. The topological polar surface area (TPSA) is 0 Å². The van der Waals surface area contributed by atoms with Crippen LogP contribution in [0.4, 0.5) is 0 Å². The average Bonchev–Trinajstić information content (AvgIpc) is 2.94. The van der Waals surface area contributed by atoms with Crippen LogP contribution in [-0.4, -0.2) is 24.3 Å². The first-order chi connectivity index (χ1) is 19.1. The summed E-state index contributed by atoms with van der Waals surface area (Å²) in [5.74, 6) is 7.29. The third kappa shape index (κ3) is 7.41. The van der Waals surface area contributed by atoms with Crippen molar-refractivity contribution >= 4 is 35.6 Å². The summed E-state index contributed by atoms with van der Waals surface area (Å²) in [5.41, 5.74) is 11.3. The predicted molar refractivity (Wildman–Crippen MR) is 178 cm³/mol. The molecule has 4 aromatic carbocycles. The van der Waals surface area contributed by atoms with E-state index in [0.29, 0.717) is 0 Å². The molecule has 0 bridgehead atoms. The van der Waals surface area contributed by atoms with Crippen LogP contribution in [0.3, 0.4) is 0 Å². The SMILES string of the molecule is C[C](C)(C)[Ga](/[C](=C\c1ccccc1)[Si](C#Cc1ccccc1)(C#Cc1ccccc1)c1ccccc1)[C](C)(C)C. The van der Waals surface area contributed by atoms with Gasteiger partial charge < -0.3 is 0 Å². The monoisotopic (exact) mass is 592 g/mol. The van der Waals surface area contributed by atoms with Crippen LogP contribution in [0.5, 0.6) is 0 Å². The second-order valence-electron chi connectivity index (χ2n) is 12.5. The fourth-order valence-electron chi connectivity index (χ4n) is 5.92. The fourth-order valence-corrected chi connectivity index (χ4v) is 28.4. The second-order valence-corrected chi connectivity index (χ2v) is 27.3. The van der Waals surface area contributed by atoms with Crippen molar-refractivity contribution < 1.29 is 0 Å². The molecule has 4 aromatic rings. The van der Waals surface area contributed by atoms with Crippen molar-refractivity contribution in [2.45, 2.75) is 49.5 Å². The molecule has 0 atom stereocenters. The number of hydrogen-bond acceptors (Lipinski definition) is 0. The van der Waals surface area contributed by atoms with E-state index in [-0.39, 0.29) is 7.94 Å². The Bertz CT molecular complexity index is 1460. The number of benzene rings is 4. The Morgan fingerprint density at radius 3 is 1.32 bits per heavy atom. The van der Waals surface area contributed by atoms with Crippen molar-refractivity contribution in [3.63, 3.8) is 0 Å². The summed E-state index contributed by atoms with van der Waals surface area (Å²) in [6.07, 6.45) is 2.50. The van der Waals surface area contributed by atoms with Crippen molar-refractivity contribution in [2.75, 3.05) is 0 Å². The molecule has 0 aliphatic carbocycles. The normalized spacial score (nSPS) is 12.0. The first-order valence-corrected chi connectivity index (χ1v) is 19.7. The molecule has 198 valence electrons. The molecule has 0 saturated heterocycles. The van der Waals surface area contributed by atoms with Gasteiger partial charge in [0.15, 0.2) is 0 Å². The first-order valence-electron chi connectivity index (χ1n) is 14.1. The van der Waals surface area contributed by atoms with Gasteiger partial charge in [0.25, 0.3) is 0 Å². The van der Waals surface area contributed by atoms with Crippen LogP contribution < -0.4 is 5.19 Å². The molecule has 0 amide bonds. The van der Waals surface area contributed by atoms with E-state index in [1.165, 1.54) is 10.8 Å². The van der Waals surface area contributed by atoms with Gasteiger partial charge in [-0.25, -0.2) is 0 Å². The van der Waals surface area contributed by atoms with Crippen molar-refractivity contribution in [2.24, 2.45) is 0 Å². The molecule has 0 saturated carbocycles. The van der Waals surface area contributed by atoms with E-state index in [1.807, 2.05) is 12.1 Å². The molecule has 2 heteroatoms. The predicted octanol–water partition coefficient (Wildman–Crippen LogP) is 8.78. The molecule has 0 aliphatic heterocycles. The van der Waals surface area contributed by atoms with Gasteiger partial charge in [-0.2, -0.15) is 0 Å². The average molecular weight is 594 g/mol. The number of hydrogen-bond donors (Lipinski definition) is 0. The van der Waals surface area contributed by atoms with Crippen molar-refractivity contribution in [1.29, 1.82) is 0 Å². The molecule has 0 radical (unpaired) electrons. The van der Waals surface area contributed by atoms with Crippen molar-refractivity contribution in [3.05, 3.63) is 142 Å². The van der Waals surface area contributed by atoms with Crippen LogP contribution in [-0.2, 0) is 0 Å². The Kier molecular flexibility index (Phi) is 9.49.